The smallest absolute Gasteiger partial charge is 0.244 e. The van der Waals surface area contributed by atoms with Crippen LogP contribution in [0.5, 0.6) is 0 Å². The molecule has 1 fully saturated rings. The molecule has 0 amide bonds. The first kappa shape index (κ1) is 19.3. The fourth-order valence-corrected chi connectivity index (χ4v) is 5.39. The van der Waals surface area contributed by atoms with Crippen molar-refractivity contribution in [2.45, 2.75) is 36.2 Å². The van der Waals surface area contributed by atoms with Crippen LogP contribution in [0.1, 0.15) is 19.3 Å². The predicted octanol–water partition coefficient (Wildman–Crippen LogP) is 1.89. The van der Waals surface area contributed by atoms with E-state index in [4.69, 9.17) is 23.2 Å². The van der Waals surface area contributed by atoms with Gasteiger partial charge in [-0.25, -0.2) is 8.42 Å². The first-order chi connectivity index (χ1) is 11.3. The average molecular weight is 393 g/mol. The number of hydrogen-bond acceptors (Lipinski definition) is 5. The molecule has 0 radical (unpaired) electrons. The number of halogens is 2. The number of nitrogens with zero attached hydrogens (tertiary/aromatic N) is 1. The number of sulfonamides is 1. The number of benzene rings is 1. The molecule has 1 aromatic rings. The van der Waals surface area contributed by atoms with Crippen LogP contribution in [0.15, 0.2) is 23.1 Å². The highest BCUT2D eigenvalue weighted by Gasteiger charge is 2.42. The third kappa shape index (κ3) is 3.97. The summed E-state index contributed by atoms with van der Waals surface area (Å²) in [6.07, 6.45) is 1.92. The van der Waals surface area contributed by atoms with Crippen molar-refractivity contribution in [1.29, 1.82) is 0 Å². The molecular formula is C15H18Cl2N2O4S. The maximum atomic E-state index is 13.1. The topological polar surface area (TPSA) is 83.6 Å². The van der Waals surface area contributed by atoms with Crippen molar-refractivity contribution in [3.05, 3.63) is 28.2 Å². The Kier molecular flexibility index (Phi) is 6.39. The molecule has 1 heterocycles. The number of ketones is 1. The number of aldehydes is 1. The normalized spacial score (nSPS) is 22.3. The largest absolute Gasteiger partial charge is 0.313 e. The van der Waals surface area contributed by atoms with Gasteiger partial charge in [-0.3, -0.25) is 4.79 Å². The van der Waals surface area contributed by atoms with E-state index in [9.17, 15) is 18.0 Å². The second-order valence-corrected chi connectivity index (χ2v) is 8.30. The summed E-state index contributed by atoms with van der Waals surface area (Å²) in [4.78, 5) is 23.6. The van der Waals surface area contributed by atoms with E-state index >= 15 is 0 Å². The number of hydrogen-bond donors (Lipinski definition) is 1. The summed E-state index contributed by atoms with van der Waals surface area (Å²) in [6, 6.07) is 2.17. The number of carbonyl (C=O) groups excluding carboxylic acids is 2. The van der Waals surface area contributed by atoms with Crippen molar-refractivity contribution < 1.29 is 18.0 Å². The zero-order valence-corrected chi connectivity index (χ0v) is 15.4. The lowest BCUT2D eigenvalue weighted by molar-refractivity contribution is -0.124. The summed E-state index contributed by atoms with van der Waals surface area (Å²) >= 11 is 11.8. The van der Waals surface area contributed by atoms with Crippen molar-refractivity contribution in [3.63, 3.8) is 0 Å². The van der Waals surface area contributed by atoms with Gasteiger partial charge < -0.3 is 10.1 Å². The zero-order valence-electron chi connectivity index (χ0n) is 13.0. The van der Waals surface area contributed by atoms with Gasteiger partial charge in [0.1, 0.15) is 6.29 Å². The van der Waals surface area contributed by atoms with Crippen LogP contribution in [0.25, 0.3) is 0 Å². The molecule has 6 nitrogen and oxygen atoms in total. The summed E-state index contributed by atoms with van der Waals surface area (Å²) in [7, 11) is -2.49. The molecule has 1 aliphatic rings. The molecule has 2 atom stereocenters. The second-order valence-electron chi connectivity index (χ2n) is 5.59. The summed E-state index contributed by atoms with van der Waals surface area (Å²) in [5, 5.41) is 3.06. The molecule has 24 heavy (non-hydrogen) atoms. The Labute approximate surface area is 151 Å². The number of Topliss-reactive ketones (excluding diaryl/α,β-unsaturated/α-hetero) is 1. The van der Waals surface area contributed by atoms with E-state index in [2.05, 4.69) is 5.32 Å². The van der Waals surface area contributed by atoms with Crippen LogP contribution < -0.4 is 5.32 Å². The Morgan fingerprint density at radius 2 is 1.92 bits per heavy atom. The molecule has 9 heteroatoms. The standard InChI is InChI=1S/C15H18Cl2N2O4S/c1-18-8-15(21)14-4-2-3-12(9-20)19(14)24(22,23)13-6-10(16)5-11(17)7-13/h5-7,9,12,14,18H,2-4,8H2,1H3. The molecule has 2 unspecified atom stereocenters. The molecule has 1 saturated heterocycles. The lowest BCUT2D eigenvalue weighted by Crippen LogP contribution is -2.55. The van der Waals surface area contributed by atoms with E-state index in [1.807, 2.05) is 0 Å². The van der Waals surface area contributed by atoms with Gasteiger partial charge >= 0.3 is 0 Å². The quantitative estimate of drug-likeness (QED) is 0.747. The molecule has 0 spiro atoms. The molecule has 1 aromatic carbocycles. The Hall–Kier alpha value is -0.990. The van der Waals surface area contributed by atoms with Gasteiger partial charge in [0.2, 0.25) is 10.0 Å². The van der Waals surface area contributed by atoms with Gasteiger partial charge in [-0.05, 0) is 44.5 Å². The van der Waals surface area contributed by atoms with E-state index < -0.39 is 22.1 Å². The van der Waals surface area contributed by atoms with Crippen molar-refractivity contribution in [3.8, 4) is 0 Å². The van der Waals surface area contributed by atoms with E-state index in [0.717, 1.165) is 4.31 Å². The molecule has 2 rings (SSSR count). The van der Waals surface area contributed by atoms with Crippen LogP contribution in [0.3, 0.4) is 0 Å². The number of carbonyl (C=O) groups is 2. The molecular weight excluding hydrogens is 375 g/mol. The van der Waals surface area contributed by atoms with E-state index in [0.29, 0.717) is 25.5 Å². The summed E-state index contributed by atoms with van der Waals surface area (Å²) < 4.78 is 27.1. The monoisotopic (exact) mass is 392 g/mol. The predicted molar refractivity (Wildman–Crippen MR) is 91.9 cm³/mol. The fraction of sp³-hybridized carbons (Fsp3) is 0.467. The van der Waals surface area contributed by atoms with Gasteiger partial charge in [0.05, 0.1) is 23.5 Å². The maximum Gasteiger partial charge on any atom is 0.244 e. The highest BCUT2D eigenvalue weighted by Crippen LogP contribution is 2.32. The van der Waals surface area contributed by atoms with E-state index in [1.165, 1.54) is 18.2 Å². The van der Waals surface area contributed by atoms with Crippen molar-refractivity contribution in [2.75, 3.05) is 13.6 Å². The van der Waals surface area contributed by atoms with Gasteiger partial charge in [0, 0.05) is 10.0 Å². The van der Waals surface area contributed by atoms with Crippen molar-refractivity contribution in [1.82, 2.24) is 9.62 Å². The lowest BCUT2D eigenvalue weighted by Gasteiger charge is -2.37. The van der Waals surface area contributed by atoms with Crippen molar-refractivity contribution in [2.24, 2.45) is 0 Å². The molecule has 0 bridgehead atoms. The third-order valence-corrected chi connectivity index (χ3v) is 6.25. The van der Waals surface area contributed by atoms with E-state index in [1.54, 1.807) is 7.05 Å². The summed E-state index contributed by atoms with van der Waals surface area (Å²) in [5.41, 5.74) is 0. The van der Waals surface area contributed by atoms with Gasteiger partial charge in [0.25, 0.3) is 0 Å². The number of rotatable bonds is 6. The molecule has 0 aliphatic carbocycles. The maximum absolute atomic E-state index is 13.1. The first-order valence-corrected chi connectivity index (χ1v) is 9.63. The van der Waals surface area contributed by atoms with Gasteiger partial charge in [-0.15, -0.1) is 0 Å². The Morgan fingerprint density at radius 3 is 2.46 bits per heavy atom. The van der Waals surface area contributed by atoms with Crippen LogP contribution in [-0.2, 0) is 19.6 Å². The van der Waals surface area contributed by atoms with Crippen LogP contribution in [0, 0.1) is 0 Å². The first-order valence-electron chi connectivity index (χ1n) is 7.43. The summed E-state index contributed by atoms with van der Waals surface area (Å²) in [6.45, 7) is 0.0264. The molecule has 0 aromatic heterocycles. The van der Waals surface area contributed by atoms with Crippen LogP contribution >= 0.6 is 23.2 Å². The zero-order chi connectivity index (χ0) is 17.9. The van der Waals surface area contributed by atoms with Gasteiger partial charge in [0.15, 0.2) is 5.78 Å². The fourth-order valence-electron chi connectivity index (χ4n) is 2.87. The van der Waals surface area contributed by atoms with Crippen molar-refractivity contribution >= 4 is 45.3 Å². The Bertz CT molecular complexity index is 719. The van der Waals surface area contributed by atoms with Crippen LogP contribution in [-0.4, -0.2) is 50.5 Å². The van der Waals surface area contributed by atoms with E-state index in [-0.39, 0.29) is 27.3 Å². The Morgan fingerprint density at radius 1 is 1.29 bits per heavy atom. The Balaban J connectivity index is 2.51. The minimum absolute atomic E-state index is 0.0264. The third-order valence-electron chi connectivity index (χ3n) is 3.90. The highest BCUT2D eigenvalue weighted by atomic mass is 35.5. The van der Waals surface area contributed by atoms with Crippen LogP contribution in [0.2, 0.25) is 10.0 Å². The minimum atomic E-state index is -4.10. The number of piperidine rings is 1. The molecule has 1 aliphatic heterocycles. The lowest BCUT2D eigenvalue weighted by atomic mass is 9.96. The molecule has 1 N–H and O–H groups in total. The second kappa shape index (κ2) is 7.93. The SMILES string of the molecule is CNCC(=O)C1CCCC(C=O)N1S(=O)(=O)c1cc(Cl)cc(Cl)c1. The molecule has 132 valence electrons. The molecule has 0 saturated carbocycles. The number of likely N-dealkylation sites (N-methyl/N-ethyl adjacent to an activating group) is 1. The summed E-state index contributed by atoms with van der Waals surface area (Å²) in [5.74, 6) is -0.277. The van der Waals surface area contributed by atoms with Gasteiger partial charge in [-0.2, -0.15) is 4.31 Å². The highest BCUT2D eigenvalue weighted by molar-refractivity contribution is 7.89. The minimum Gasteiger partial charge on any atom is -0.313 e. The van der Waals surface area contributed by atoms with Gasteiger partial charge in [-0.1, -0.05) is 23.2 Å². The van der Waals surface area contributed by atoms with Crippen LogP contribution in [0.4, 0.5) is 0 Å². The average Bonchev–Trinajstić information content (AvgIpc) is 2.53. The number of nitrogens with one attached hydrogen (secondary N) is 1.